The first-order chi connectivity index (χ1) is 11.0. The summed E-state index contributed by atoms with van der Waals surface area (Å²) in [5.41, 5.74) is 1.20. The average Bonchev–Trinajstić information content (AvgIpc) is 2.55. The summed E-state index contributed by atoms with van der Waals surface area (Å²) < 4.78 is 0.789. The number of benzene rings is 1. The average molecular weight is 354 g/mol. The fraction of sp³-hybridized carbons (Fsp3) is 0.529. The lowest BCUT2D eigenvalue weighted by molar-refractivity contribution is -0.118. The number of carbonyl (C=O) groups is 1. The summed E-state index contributed by atoms with van der Waals surface area (Å²) in [7, 11) is 4.04. The summed E-state index contributed by atoms with van der Waals surface area (Å²) >= 11 is 6.78. The maximum Gasteiger partial charge on any atom is 0.230 e. The summed E-state index contributed by atoms with van der Waals surface area (Å²) in [6, 6.07) is 10.4. The summed E-state index contributed by atoms with van der Waals surface area (Å²) in [6.07, 6.45) is 0. The molecule has 23 heavy (non-hydrogen) atoms. The number of nitrogens with one attached hydrogen (secondary N) is 1. The highest BCUT2D eigenvalue weighted by atomic mass is 32.2. The van der Waals surface area contributed by atoms with E-state index in [1.165, 1.54) is 17.3 Å². The molecule has 1 aromatic rings. The van der Waals surface area contributed by atoms with Crippen molar-refractivity contribution in [2.45, 2.75) is 19.9 Å². The maximum absolute atomic E-state index is 12.1. The number of rotatable bonds is 8. The molecule has 0 fully saturated rings. The Bertz CT molecular complexity index is 490. The predicted molar refractivity (Wildman–Crippen MR) is 104 cm³/mol. The second-order valence-corrected chi connectivity index (χ2v) is 7.03. The fourth-order valence-electron chi connectivity index (χ4n) is 2.24. The Labute approximate surface area is 149 Å². The number of hydrogen-bond donors (Lipinski definition) is 1. The molecule has 1 atom stereocenters. The van der Waals surface area contributed by atoms with Crippen molar-refractivity contribution in [1.29, 1.82) is 0 Å². The van der Waals surface area contributed by atoms with Gasteiger partial charge in [0.1, 0.15) is 4.32 Å². The predicted octanol–water partition coefficient (Wildman–Crippen LogP) is 2.77. The molecule has 0 heterocycles. The third-order valence-electron chi connectivity index (χ3n) is 3.65. The Morgan fingerprint density at radius 3 is 2.35 bits per heavy atom. The SMILES string of the molecule is CCN(CC)C(=S)SCC(=O)NC[C@H](c1ccccc1)N(C)C. The van der Waals surface area contributed by atoms with Gasteiger partial charge in [-0.25, -0.2) is 0 Å². The molecule has 0 saturated carbocycles. The van der Waals surface area contributed by atoms with Crippen LogP contribution in [0.3, 0.4) is 0 Å². The van der Waals surface area contributed by atoms with E-state index in [2.05, 4.69) is 41.1 Å². The van der Waals surface area contributed by atoms with Crippen molar-refractivity contribution < 1.29 is 4.79 Å². The van der Waals surface area contributed by atoms with E-state index in [0.717, 1.165) is 17.4 Å². The van der Waals surface area contributed by atoms with Gasteiger partial charge in [-0.2, -0.15) is 0 Å². The molecule has 1 N–H and O–H groups in total. The largest absolute Gasteiger partial charge is 0.358 e. The van der Waals surface area contributed by atoms with Crippen LogP contribution >= 0.6 is 24.0 Å². The molecule has 0 saturated heterocycles. The standard InChI is InChI=1S/C17H27N3OS2/c1-5-20(6-2)17(22)23-13-16(21)18-12-15(19(3)4)14-10-8-7-9-11-14/h7-11,15H,5-6,12-13H2,1-4H3,(H,18,21)/t15-/m1/s1. The number of thioether (sulfide) groups is 1. The van der Waals surface area contributed by atoms with E-state index in [1.807, 2.05) is 32.3 Å². The first-order valence-corrected chi connectivity index (χ1v) is 9.28. The van der Waals surface area contributed by atoms with Crippen LogP contribution < -0.4 is 5.32 Å². The molecule has 0 aliphatic rings. The Balaban J connectivity index is 2.46. The van der Waals surface area contributed by atoms with E-state index in [1.54, 1.807) is 0 Å². The molecular formula is C17H27N3OS2. The Kier molecular flexibility index (Phi) is 9.21. The lowest BCUT2D eigenvalue weighted by Gasteiger charge is -2.25. The van der Waals surface area contributed by atoms with Crippen LogP contribution in [0.2, 0.25) is 0 Å². The first-order valence-electron chi connectivity index (χ1n) is 7.89. The number of likely N-dealkylation sites (N-methyl/N-ethyl adjacent to an activating group) is 1. The van der Waals surface area contributed by atoms with E-state index in [9.17, 15) is 4.79 Å². The van der Waals surface area contributed by atoms with Gasteiger partial charge in [0, 0.05) is 19.6 Å². The molecule has 0 unspecified atom stereocenters. The van der Waals surface area contributed by atoms with Crippen LogP contribution in [0.5, 0.6) is 0 Å². The first kappa shape index (κ1) is 19.9. The monoisotopic (exact) mass is 353 g/mol. The van der Waals surface area contributed by atoms with Gasteiger partial charge in [0.25, 0.3) is 0 Å². The van der Waals surface area contributed by atoms with Gasteiger partial charge in [0.15, 0.2) is 0 Å². The van der Waals surface area contributed by atoms with Gasteiger partial charge in [-0.05, 0) is 33.5 Å². The van der Waals surface area contributed by atoms with Crippen molar-refractivity contribution in [2.75, 3.05) is 39.5 Å². The van der Waals surface area contributed by atoms with Crippen LogP contribution in [-0.4, -0.2) is 59.5 Å². The molecule has 0 spiro atoms. The van der Waals surface area contributed by atoms with Gasteiger partial charge in [-0.3, -0.25) is 4.79 Å². The van der Waals surface area contributed by atoms with E-state index >= 15 is 0 Å². The number of thiocarbonyl (C=S) groups is 1. The van der Waals surface area contributed by atoms with Gasteiger partial charge in [-0.15, -0.1) is 0 Å². The van der Waals surface area contributed by atoms with Crippen molar-refractivity contribution in [1.82, 2.24) is 15.1 Å². The zero-order valence-corrected chi connectivity index (χ0v) is 16.0. The van der Waals surface area contributed by atoms with Gasteiger partial charge >= 0.3 is 0 Å². The minimum atomic E-state index is 0.0206. The summed E-state index contributed by atoms with van der Waals surface area (Å²) in [6.45, 7) is 6.48. The molecule has 1 rings (SSSR count). The minimum Gasteiger partial charge on any atom is -0.358 e. The topological polar surface area (TPSA) is 35.6 Å². The molecular weight excluding hydrogens is 326 g/mol. The highest BCUT2D eigenvalue weighted by Gasteiger charge is 2.15. The zero-order valence-electron chi connectivity index (χ0n) is 14.4. The molecule has 0 aromatic heterocycles. The highest BCUT2D eigenvalue weighted by molar-refractivity contribution is 8.23. The van der Waals surface area contributed by atoms with E-state index < -0.39 is 0 Å². The lowest BCUT2D eigenvalue weighted by Crippen LogP contribution is -2.36. The molecule has 0 aliphatic carbocycles. The number of hydrogen-bond acceptors (Lipinski definition) is 4. The summed E-state index contributed by atoms with van der Waals surface area (Å²) in [5, 5.41) is 3.01. The Morgan fingerprint density at radius 1 is 1.22 bits per heavy atom. The van der Waals surface area contributed by atoms with E-state index in [0.29, 0.717) is 12.3 Å². The van der Waals surface area contributed by atoms with Crippen molar-refractivity contribution in [3.8, 4) is 0 Å². The summed E-state index contributed by atoms with van der Waals surface area (Å²) in [5.74, 6) is 0.386. The smallest absolute Gasteiger partial charge is 0.230 e. The van der Waals surface area contributed by atoms with Crippen LogP contribution in [0.25, 0.3) is 0 Å². The second kappa shape index (κ2) is 10.6. The number of carbonyl (C=O) groups excluding carboxylic acids is 1. The van der Waals surface area contributed by atoms with E-state index in [4.69, 9.17) is 12.2 Å². The van der Waals surface area contributed by atoms with Gasteiger partial charge in [-0.1, -0.05) is 54.3 Å². The van der Waals surface area contributed by atoms with Crippen LogP contribution in [0.4, 0.5) is 0 Å². The number of nitrogens with zero attached hydrogens (tertiary/aromatic N) is 2. The summed E-state index contributed by atoms with van der Waals surface area (Å²) in [4.78, 5) is 16.3. The van der Waals surface area contributed by atoms with Gasteiger partial charge < -0.3 is 15.1 Å². The normalized spacial score (nSPS) is 12.0. The highest BCUT2D eigenvalue weighted by Crippen LogP contribution is 2.17. The molecule has 0 bridgehead atoms. The van der Waals surface area contributed by atoms with Crippen molar-refractivity contribution in [3.05, 3.63) is 35.9 Å². The molecule has 1 amide bonds. The number of amides is 1. The van der Waals surface area contributed by atoms with Crippen LogP contribution in [0.15, 0.2) is 30.3 Å². The van der Waals surface area contributed by atoms with Crippen molar-refractivity contribution >= 4 is 34.2 Å². The quantitative estimate of drug-likeness (QED) is 0.727. The minimum absolute atomic E-state index is 0.0206. The van der Waals surface area contributed by atoms with Crippen LogP contribution in [0.1, 0.15) is 25.5 Å². The fourth-order valence-corrected chi connectivity index (χ4v) is 3.47. The maximum atomic E-state index is 12.1. The van der Waals surface area contributed by atoms with Crippen LogP contribution in [-0.2, 0) is 4.79 Å². The van der Waals surface area contributed by atoms with Crippen molar-refractivity contribution in [3.63, 3.8) is 0 Å². The van der Waals surface area contributed by atoms with Gasteiger partial charge in [0.2, 0.25) is 5.91 Å². The molecule has 0 radical (unpaired) electrons. The Hall–Kier alpha value is -1.11. The second-order valence-electron chi connectivity index (χ2n) is 5.42. The van der Waals surface area contributed by atoms with E-state index in [-0.39, 0.29) is 11.9 Å². The third kappa shape index (κ3) is 6.89. The molecule has 1 aromatic carbocycles. The Morgan fingerprint density at radius 2 is 1.83 bits per heavy atom. The molecule has 0 aliphatic heterocycles. The molecule has 128 valence electrons. The zero-order chi connectivity index (χ0) is 17.2. The third-order valence-corrected chi connectivity index (χ3v) is 5.17. The van der Waals surface area contributed by atoms with Crippen LogP contribution in [0, 0.1) is 0 Å². The van der Waals surface area contributed by atoms with Gasteiger partial charge in [0.05, 0.1) is 11.8 Å². The molecule has 6 heteroatoms. The van der Waals surface area contributed by atoms with Crippen molar-refractivity contribution in [2.24, 2.45) is 0 Å². The lowest BCUT2D eigenvalue weighted by atomic mass is 10.1. The molecule has 4 nitrogen and oxygen atoms in total.